The molecule has 1 heterocycles. The van der Waals surface area contributed by atoms with Crippen LogP contribution >= 0.6 is 0 Å². The van der Waals surface area contributed by atoms with E-state index >= 15 is 0 Å². The molecule has 0 atom stereocenters. The van der Waals surface area contributed by atoms with Gasteiger partial charge in [0, 0.05) is 11.6 Å². The molecule has 0 aliphatic carbocycles. The minimum Gasteiger partial charge on any atom is -0.350 e. The van der Waals surface area contributed by atoms with Crippen molar-refractivity contribution in [2.24, 2.45) is 0 Å². The molecule has 0 saturated heterocycles. The van der Waals surface area contributed by atoms with Gasteiger partial charge in [-0.2, -0.15) is 0 Å². The highest BCUT2D eigenvalue weighted by Crippen LogP contribution is 2.30. The topological polar surface area (TPSA) is 110 Å². The monoisotopic (exact) mass is 319 g/mol. The van der Waals surface area contributed by atoms with Crippen molar-refractivity contribution in [1.82, 2.24) is 10.2 Å². The van der Waals surface area contributed by atoms with Crippen LogP contribution in [0.4, 0.5) is 5.69 Å². The van der Waals surface area contributed by atoms with Gasteiger partial charge in [0.1, 0.15) is 12.1 Å². The number of hydrogen-bond acceptors (Lipinski definition) is 5. The van der Waals surface area contributed by atoms with Gasteiger partial charge in [-0.3, -0.25) is 29.4 Å². The molecule has 0 radical (unpaired) electrons. The molecule has 1 aliphatic rings. The van der Waals surface area contributed by atoms with E-state index in [1.807, 2.05) is 20.8 Å². The number of benzene rings is 1. The number of amides is 3. The van der Waals surface area contributed by atoms with Gasteiger partial charge in [0.15, 0.2) is 0 Å². The van der Waals surface area contributed by atoms with E-state index in [9.17, 15) is 24.5 Å². The lowest BCUT2D eigenvalue weighted by molar-refractivity contribution is -0.385. The minimum atomic E-state index is -0.818. The predicted octanol–water partition coefficient (Wildman–Crippen LogP) is 1.50. The van der Waals surface area contributed by atoms with Crippen LogP contribution in [0.15, 0.2) is 18.2 Å². The molecule has 3 amide bonds. The van der Waals surface area contributed by atoms with Crippen LogP contribution in [-0.2, 0) is 4.79 Å². The van der Waals surface area contributed by atoms with Gasteiger partial charge >= 0.3 is 0 Å². The number of nitro groups is 1. The maximum absolute atomic E-state index is 12.3. The number of imide groups is 1. The zero-order valence-corrected chi connectivity index (χ0v) is 13.1. The Morgan fingerprint density at radius 3 is 2.52 bits per heavy atom. The van der Waals surface area contributed by atoms with Crippen molar-refractivity contribution in [3.05, 3.63) is 39.4 Å². The van der Waals surface area contributed by atoms with Gasteiger partial charge in [-0.15, -0.1) is 0 Å². The number of carbonyl (C=O) groups is 3. The first-order valence-electron chi connectivity index (χ1n) is 7.12. The van der Waals surface area contributed by atoms with E-state index in [4.69, 9.17) is 0 Å². The van der Waals surface area contributed by atoms with Crippen LogP contribution in [-0.4, -0.2) is 39.6 Å². The molecule has 2 rings (SSSR count). The molecule has 0 saturated carbocycles. The summed E-state index contributed by atoms with van der Waals surface area (Å²) in [5.41, 5.74) is -1.21. The predicted molar refractivity (Wildman–Crippen MR) is 81.0 cm³/mol. The summed E-state index contributed by atoms with van der Waals surface area (Å²) < 4.78 is 0. The Morgan fingerprint density at radius 2 is 1.96 bits per heavy atom. The van der Waals surface area contributed by atoms with Crippen LogP contribution in [0.3, 0.4) is 0 Å². The highest BCUT2D eigenvalue weighted by atomic mass is 16.6. The van der Waals surface area contributed by atoms with Crippen LogP contribution in [0.5, 0.6) is 0 Å². The lowest BCUT2D eigenvalue weighted by atomic mass is 10.0. The molecule has 0 bridgehead atoms. The smallest absolute Gasteiger partial charge is 0.282 e. The van der Waals surface area contributed by atoms with Crippen LogP contribution in [0, 0.1) is 10.1 Å². The zero-order chi connectivity index (χ0) is 17.4. The molecule has 1 N–H and O–H groups in total. The van der Waals surface area contributed by atoms with Gasteiger partial charge < -0.3 is 5.32 Å². The molecule has 1 aromatic rings. The molecule has 0 fully saturated rings. The number of nitrogens with zero attached hydrogens (tertiary/aromatic N) is 2. The van der Waals surface area contributed by atoms with E-state index in [-0.39, 0.29) is 11.1 Å². The largest absolute Gasteiger partial charge is 0.350 e. The second-order valence-electron chi connectivity index (χ2n) is 5.94. The zero-order valence-electron chi connectivity index (χ0n) is 13.1. The van der Waals surface area contributed by atoms with E-state index in [2.05, 4.69) is 5.32 Å². The van der Waals surface area contributed by atoms with E-state index in [0.29, 0.717) is 6.42 Å². The van der Waals surface area contributed by atoms with Crippen molar-refractivity contribution < 1.29 is 19.3 Å². The van der Waals surface area contributed by atoms with Gasteiger partial charge in [-0.25, -0.2) is 0 Å². The molecule has 1 aromatic carbocycles. The number of rotatable bonds is 5. The summed E-state index contributed by atoms with van der Waals surface area (Å²) in [6, 6.07) is 3.84. The molecule has 8 nitrogen and oxygen atoms in total. The molecule has 8 heteroatoms. The highest BCUT2D eigenvalue weighted by Gasteiger charge is 2.41. The molecular formula is C15H17N3O5. The normalized spacial score (nSPS) is 14.0. The SMILES string of the molecule is CCC(C)(C)NC(=O)CN1C(=O)c2cccc([N+](=O)[O-])c2C1=O. The summed E-state index contributed by atoms with van der Waals surface area (Å²) in [5.74, 6) is -2.01. The number of hydrogen-bond donors (Lipinski definition) is 1. The lowest BCUT2D eigenvalue weighted by Gasteiger charge is -2.25. The summed E-state index contributed by atoms with van der Waals surface area (Å²) in [4.78, 5) is 47.7. The Morgan fingerprint density at radius 1 is 1.30 bits per heavy atom. The van der Waals surface area contributed by atoms with Crippen LogP contribution in [0.2, 0.25) is 0 Å². The second-order valence-corrected chi connectivity index (χ2v) is 5.94. The first-order valence-corrected chi connectivity index (χ1v) is 7.12. The minimum absolute atomic E-state index is 0.0493. The molecular weight excluding hydrogens is 302 g/mol. The quantitative estimate of drug-likeness (QED) is 0.502. The average Bonchev–Trinajstić information content (AvgIpc) is 2.72. The van der Waals surface area contributed by atoms with E-state index in [1.165, 1.54) is 12.1 Å². The lowest BCUT2D eigenvalue weighted by Crippen LogP contribution is -2.48. The summed E-state index contributed by atoms with van der Waals surface area (Å²) in [5, 5.41) is 13.7. The number of nitro benzene ring substituents is 1. The Bertz CT molecular complexity index is 711. The van der Waals surface area contributed by atoms with Gasteiger partial charge in [-0.1, -0.05) is 13.0 Å². The van der Waals surface area contributed by atoms with E-state index in [1.54, 1.807) is 0 Å². The first-order chi connectivity index (χ1) is 10.7. The van der Waals surface area contributed by atoms with Gasteiger partial charge in [-0.05, 0) is 26.3 Å². The van der Waals surface area contributed by atoms with Crippen molar-refractivity contribution in [3.63, 3.8) is 0 Å². The van der Waals surface area contributed by atoms with Crippen LogP contribution in [0.1, 0.15) is 47.9 Å². The van der Waals surface area contributed by atoms with Crippen molar-refractivity contribution in [2.75, 3.05) is 6.54 Å². The fourth-order valence-corrected chi connectivity index (χ4v) is 2.26. The summed E-state index contributed by atoms with van der Waals surface area (Å²) in [6.07, 6.45) is 0.673. The molecule has 0 unspecified atom stereocenters. The van der Waals surface area contributed by atoms with Crippen molar-refractivity contribution in [2.45, 2.75) is 32.7 Å². The Kier molecular flexibility index (Phi) is 4.18. The van der Waals surface area contributed by atoms with Gasteiger partial charge in [0.25, 0.3) is 17.5 Å². The molecule has 1 aliphatic heterocycles. The van der Waals surface area contributed by atoms with Crippen molar-refractivity contribution >= 4 is 23.4 Å². The van der Waals surface area contributed by atoms with Crippen molar-refractivity contribution in [3.8, 4) is 0 Å². The van der Waals surface area contributed by atoms with Crippen LogP contribution < -0.4 is 5.32 Å². The van der Waals surface area contributed by atoms with Crippen molar-refractivity contribution in [1.29, 1.82) is 0 Å². The first kappa shape index (κ1) is 16.6. The summed E-state index contributed by atoms with van der Waals surface area (Å²) >= 11 is 0. The Balaban J connectivity index is 2.26. The number of fused-ring (bicyclic) bond motifs is 1. The van der Waals surface area contributed by atoms with E-state index < -0.39 is 40.4 Å². The Labute approximate surface area is 132 Å². The van der Waals surface area contributed by atoms with Gasteiger partial charge in [0.05, 0.1) is 10.5 Å². The Hall–Kier alpha value is -2.77. The van der Waals surface area contributed by atoms with E-state index in [0.717, 1.165) is 11.0 Å². The second kappa shape index (κ2) is 5.79. The molecule has 122 valence electrons. The standard InChI is InChI=1S/C15H17N3O5/c1-4-15(2,3)16-11(19)8-17-13(20)9-6-5-7-10(18(22)23)12(9)14(17)21/h5-7H,4,8H2,1-3H3,(H,16,19). The molecule has 0 aromatic heterocycles. The fraction of sp³-hybridized carbons (Fsp3) is 0.400. The third-order valence-corrected chi connectivity index (χ3v) is 3.84. The number of carbonyl (C=O) groups excluding carboxylic acids is 3. The average molecular weight is 319 g/mol. The fourth-order valence-electron chi connectivity index (χ4n) is 2.26. The van der Waals surface area contributed by atoms with Crippen LogP contribution in [0.25, 0.3) is 0 Å². The summed E-state index contributed by atoms with van der Waals surface area (Å²) in [6.45, 7) is 5.06. The summed E-state index contributed by atoms with van der Waals surface area (Å²) in [7, 11) is 0. The maximum Gasteiger partial charge on any atom is 0.282 e. The third kappa shape index (κ3) is 3.05. The number of nitrogens with one attached hydrogen (secondary N) is 1. The third-order valence-electron chi connectivity index (χ3n) is 3.84. The molecule has 0 spiro atoms. The highest BCUT2D eigenvalue weighted by molar-refractivity contribution is 6.24. The maximum atomic E-state index is 12.3. The molecule has 23 heavy (non-hydrogen) atoms. The van der Waals surface area contributed by atoms with Gasteiger partial charge in [0.2, 0.25) is 5.91 Å².